The summed E-state index contributed by atoms with van der Waals surface area (Å²) in [5.74, 6) is -0.135. The predicted octanol–water partition coefficient (Wildman–Crippen LogP) is 3.39. The smallest absolute Gasteiger partial charge is 0.295 e. The number of aliphatic hydroxyl groups excluding tert-OH is 1. The van der Waals surface area contributed by atoms with Crippen LogP contribution in [0.3, 0.4) is 0 Å². The lowest BCUT2D eigenvalue weighted by Gasteiger charge is -2.26. The number of hydrogen-bond donors (Lipinski definition) is 1. The van der Waals surface area contributed by atoms with Gasteiger partial charge in [-0.25, -0.2) is 0 Å². The van der Waals surface area contributed by atoms with Gasteiger partial charge in [-0.05, 0) is 69.4 Å². The number of amides is 1. The average Bonchev–Trinajstić information content (AvgIpc) is 3.02. The molecule has 32 heavy (non-hydrogen) atoms. The van der Waals surface area contributed by atoms with Gasteiger partial charge in [0.25, 0.3) is 11.7 Å². The number of methoxy groups -OCH3 is 1. The van der Waals surface area contributed by atoms with E-state index in [1.54, 1.807) is 25.3 Å². The molecule has 1 atom stereocenters. The van der Waals surface area contributed by atoms with Gasteiger partial charge >= 0.3 is 0 Å². The molecule has 1 saturated heterocycles. The molecule has 0 spiro atoms. The normalized spacial score (nSPS) is 17.8. The van der Waals surface area contributed by atoms with Gasteiger partial charge in [-0.2, -0.15) is 0 Å². The van der Waals surface area contributed by atoms with Crippen LogP contribution < -0.4 is 9.47 Å². The first kappa shape index (κ1) is 23.3. The average molecular weight is 439 g/mol. The maximum absolute atomic E-state index is 13.1. The Labute approximate surface area is 188 Å². The minimum Gasteiger partial charge on any atom is -0.507 e. The summed E-state index contributed by atoms with van der Waals surface area (Å²) in [6.07, 6.45) is 0. The van der Waals surface area contributed by atoms with Crippen molar-refractivity contribution < 1.29 is 24.2 Å². The Hall–Kier alpha value is -3.32. The van der Waals surface area contributed by atoms with Crippen LogP contribution in [0.4, 0.5) is 0 Å². The van der Waals surface area contributed by atoms with E-state index in [0.29, 0.717) is 36.8 Å². The molecule has 1 N–H and O–H groups in total. The first-order valence-corrected chi connectivity index (χ1v) is 10.6. The number of aliphatic hydroxyl groups is 1. The number of ether oxygens (including phenoxy) is 2. The molecule has 0 radical (unpaired) electrons. The van der Waals surface area contributed by atoms with E-state index in [1.165, 1.54) is 4.90 Å². The van der Waals surface area contributed by atoms with E-state index in [4.69, 9.17) is 9.47 Å². The lowest BCUT2D eigenvalue weighted by Crippen LogP contribution is -2.35. The summed E-state index contributed by atoms with van der Waals surface area (Å²) in [6, 6.07) is 11.8. The fourth-order valence-corrected chi connectivity index (χ4v) is 3.85. The molecule has 1 aliphatic rings. The second-order valence-electron chi connectivity index (χ2n) is 7.98. The van der Waals surface area contributed by atoms with Gasteiger partial charge < -0.3 is 24.4 Å². The zero-order chi connectivity index (χ0) is 23.4. The number of carbonyl (C=O) groups excluding carboxylic acids is 2. The number of aryl methyl sites for hydroxylation is 1. The molecule has 0 unspecified atom stereocenters. The van der Waals surface area contributed by atoms with Crippen molar-refractivity contribution in [3.8, 4) is 11.5 Å². The molecular formula is C25H30N2O5. The van der Waals surface area contributed by atoms with E-state index in [9.17, 15) is 14.7 Å². The molecule has 0 aromatic heterocycles. The van der Waals surface area contributed by atoms with Crippen molar-refractivity contribution in [2.75, 3.05) is 40.9 Å². The molecule has 7 nitrogen and oxygen atoms in total. The van der Waals surface area contributed by atoms with Gasteiger partial charge in [0.05, 0.1) is 25.3 Å². The van der Waals surface area contributed by atoms with Gasteiger partial charge in [-0.15, -0.1) is 0 Å². The molecule has 3 rings (SSSR count). The minimum atomic E-state index is -0.688. The molecule has 7 heteroatoms. The topological polar surface area (TPSA) is 79.3 Å². The Bertz CT molecular complexity index is 1030. The fraction of sp³-hybridized carbons (Fsp3) is 0.360. The number of ketones is 1. The van der Waals surface area contributed by atoms with Gasteiger partial charge in [0, 0.05) is 18.7 Å². The molecule has 0 aliphatic carbocycles. The largest absolute Gasteiger partial charge is 0.507 e. The van der Waals surface area contributed by atoms with Crippen molar-refractivity contribution in [1.29, 1.82) is 0 Å². The van der Waals surface area contributed by atoms with E-state index in [0.717, 1.165) is 11.1 Å². The second-order valence-corrected chi connectivity index (χ2v) is 7.98. The minimum absolute atomic E-state index is 0.0891. The van der Waals surface area contributed by atoms with Gasteiger partial charge in [-0.3, -0.25) is 9.59 Å². The number of carbonyl (C=O) groups is 2. The fourth-order valence-electron chi connectivity index (χ4n) is 3.85. The van der Waals surface area contributed by atoms with E-state index >= 15 is 0 Å². The molecule has 170 valence electrons. The summed E-state index contributed by atoms with van der Waals surface area (Å²) in [6.45, 7) is 5.21. The molecule has 1 amide bonds. The van der Waals surface area contributed by atoms with Gasteiger partial charge in [0.1, 0.15) is 17.3 Å². The van der Waals surface area contributed by atoms with E-state index in [1.807, 2.05) is 57.1 Å². The summed E-state index contributed by atoms with van der Waals surface area (Å²) in [7, 11) is 5.38. The molecule has 0 saturated carbocycles. The maximum atomic E-state index is 13.1. The molecule has 0 bridgehead atoms. The summed E-state index contributed by atoms with van der Waals surface area (Å²) >= 11 is 0. The number of benzene rings is 2. The molecular weight excluding hydrogens is 408 g/mol. The summed E-state index contributed by atoms with van der Waals surface area (Å²) in [5, 5.41) is 11.2. The SMILES string of the molecule is CCOc1ccc([C@@H]2C(=C(O)c3ccc(OC)cc3C)C(=O)C(=O)N2CCN(C)C)cc1. The lowest BCUT2D eigenvalue weighted by atomic mass is 9.94. The number of Topliss-reactive ketones (excluding diaryl/α,β-unsaturated/α-hetero) is 1. The van der Waals surface area contributed by atoms with Crippen LogP contribution in [0.2, 0.25) is 0 Å². The number of likely N-dealkylation sites (tertiary alicyclic amines) is 1. The van der Waals surface area contributed by atoms with Crippen LogP contribution in [0.5, 0.6) is 11.5 Å². The van der Waals surface area contributed by atoms with Crippen molar-refractivity contribution in [3.05, 3.63) is 64.7 Å². The number of nitrogens with zero attached hydrogens (tertiary/aromatic N) is 2. The molecule has 1 fully saturated rings. The van der Waals surface area contributed by atoms with Gasteiger partial charge in [0.2, 0.25) is 0 Å². The first-order valence-electron chi connectivity index (χ1n) is 10.6. The van der Waals surface area contributed by atoms with Gasteiger partial charge in [0.15, 0.2) is 0 Å². The van der Waals surface area contributed by atoms with Crippen molar-refractivity contribution in [2.24, 2.45) is 0 Å². The third-order valence-electron chi connectivity index (χ3n) is 5.52. The Kier molecular flexibility index (Phi) is 7.20. The third kappa shape index (κ3) is 4.62. The zero-order valence-electron chi connectivity index (χ0n) is 19.2. The molecule has 2 aromatic carbocycles. The van der Waals surface area contributed by atoms with Gasteiger partial charge in [-0.1, -0.05) is 12.1 Å². The number of likely N-dealkylation sites (N-methyl/N-ethyl adjacent to an activating group) is 1. The Morgan fingerprint density at radius 3 is 2.31 bits per heavy atom. The van der Waals surface area contributed by atoms with Crippen LogP contribution in [-0.4, -0.2) is 67.5 Å². The van der Waals surface area contributed by atoms with Crippen LogP contribution >= 0.6 is 0 Å². The monoisotopic (exact) mass is 438 g/mol. The summed E-state index contributed by atoms with van der Waals surface area (Å²) in [5.41, 5.74) is 2.06. The lowest BCUT2D eigenvalue weighted by molar-refractivity contribution is -0.140. The number of hydrogen-bond acceptors (Lipinski definition) is 6. The van der Waals surface area contributed by atoms with E-state index in [2.05, 4.69) is 0 Å². The van der Waals surface area contributed by atoms with Crippen molar-refractivity contribution >= 4 is 17.4 Å². The standard InChI is InChI=1S/C25H30N2O5/c1-6-32-18-9-7-17(8-10-18)22-21(24(29)25(30)27(22)14-13-26(3)4)23(28)20-12-11-19(31-5)15-16(20)2/h7-12,15,22,28H,6,13-14H2,1-5H3/t22-/m1/s1. The van der Waals surface area contributed by atoms with Crippen LogP contribution in [0.25, 0.3) is 5.76 Å². The first-order chi connectivity index (χ1) is 15.3. The molecule has 2 aromatic rings. The van der Waals surface area contributed by atoms with E-state index in [-0.39, 0.29) is 11.3 Å². The predicted molar refractivity (Wildman–Crippen MR) is 123 cm³/mol. The quantitative estimate of drug-likeness (QED) is 0.387. The van der Waals surface area contributed by atoms with E-state index < -0.39 is 17.7 Å². The Morgan fingerprint density at radius 2 is 1.75 bits per heavy atom. The summed E-state index contributed by atoms with van der Waals surface area (Å²) in [4.78, 5) is 29.5. The highest BCUT2D eigenvalue weighted by Gasteiger charge is 2.46. The van der Waals surface area contributed by atoms with Crippen molar-refractivity contribution in [1.82, 2.24) is 9.80 Å². The van der Waals surface area contributed by atoms with Crippen LogP contribution in [-0.2, 0) is 9.59 Å². The second kappa shape index (κ2) is 9.87. The third-order valence-corrected chi connectivity index (χ3v) is 5.52. The highest BCUT2D eigenvalue weighted by Crippen LogP contribution is 2.40. The van der Waals surface area contributed by atoms with Crippen LogP contribution in [0.1, 0.15) is 29.7 Å². The summed E-state index contributed by atoms with van der Waals surface area (Å²) < 4.78 is 10.8. The molecule has 1 heterocycles. The molecule has 1 aliphatic heterocycles. The zero-order valence-corrected chi connectivity index (χ0v) is 19.2. The Balaban J connectivity index is 2.13. The van der Waals surface area contributed by atoms with Crippen molar-refractivity contribution in [2.45, 2.75) is 19.9 Å². The highest BCUT2D eigenvalue weighted by molar-refractivity contribution is 6.46. The Morgan fingerprint density at radius 1 is 1.09 bits per heavy atom. The van der Waals surface area contributed by atoms with Crippen LogP contribution in [0, 0.1) is 6.92 Å². The van der Waals surface area contributed by atoms with Crippen molar-refractivity contribution in [3.63, 3.8) is 0 Å². The number of rotatable bonds is 8. The van der Waals surface area contributed by atoms with Crippen LogP contribution in [0.15, 0.2) is 48.0 Å². The highest BCUT2D eigenvalue weighted by atomic mass is 16.5. The maximum Gasteiger partial charge on any atom is 0.295 e.